The summed E-state index contributed by atoms with van der Waals surface area (Å²) in [5.74, 6) is 1.95. The van der Waals surface area contributed by atoms with Gasteiger partial charge in [0, 0.05) is 16.1 Å². The molecule has 0 amide bonds. The Bertz CT molecular complexity index is 445. The van der Waals surface area contributed by atoms with Crippen molar-refractivity contribution < 1.29 is 0 Å². The van der Waals surface area contributed by atoms with Gasteiger partial charge in [-0.3, -0.25) is 0 Å². The third kappa shape index (κ3) is 4.13. The van der Waals surface area contributed by atoms with Crippen LogP contribution in [0, 0.1) is 11.8 Å². The molecule has 0 aliphatic heterocycles. The SMILES string of the molecule is CC1CCC(CNC(C)C)C(c2cc(Cl)ccc2Cl)C1. The molecular formula is C17H25Cl2N. The molecule has 0 radical (unpaired) electrons. The van der Waals surface area contributed by atoms with Gasteiger partial charge in [-0.25, -0.2) is 0 Å². The van der Waals surface area contributed by atoms with Gasteiger partial charge in [-0.1, -0.05) is 50.4 Å². The highest BCUT2D eigenvalue weighted by molar-refractivity contribution is 6.33. The van der Waals surface area contributed by atoms with Gasteiger partial charge in [0.25, 0.3) is 0 Å². The lowest BCUT2D eigenvalue weighted by Crippen LogP contribution is -2.34. The summed E-state index contributed by atoms with van der Waals surface area (Å²) in [6, 6.07) is 6.41. The summed E-state index contributed by atoms with van der Waals surface area (Å²) in [6.07, 6.45) is 3.80. The number of nitrogens with one attached hydrogen (secondary N) is 1. The van der Waals surface area contributed by atoms with E-state index < -0.39 is 0 Å². The Morgan fingerprint density at radius 3 is 2.70 bits per heavy atom. The molecule has 1 aliphatic rings. The highest BCUT2D eigenvalue weighted by atomic mass is 35.5. The van der Waals surface area contributed by atoms with E-state index in [-0.39, 0.29) is 0 Å². The maximum absolute atomic E-state index is 6.43. The first-order valence-corrected chi connectivity index (χ1v) is 8.41. The van der Waals surface area contributed by atoms with Gasteiger partial charge in [0.2, 0.25) is 0 Å². The largest absolute Gasteiger partial charge is 0.314 e. The summed E-state index contributed by atoms with van der Waals surface area (Å²) < 4.78 is 0. The molecule has 0 bridgehead atoms. The van der Waals surface area contributed by atoms with Gasteiger partial charge in [0.05, 0.1) is 0 Å². The van der Waals surface area contributed by atoms with Gasteiger partial charge in [-0.05, 0) is 60.9 Å². The fraction of sp³-hybridized carbons (Fsp3) is 0.647. The summed E-state index contributed by atoms with van der Waals surface area (Å²) in [5, 5.41) is 5.24. The molecular weight excluding hydrogens is 289 g/mol. The van der Waals surface area contributed by atoms with E-state index in [1.165, 1.54) is 24.8 Å². The predicted molar refractivity (Wildman–Crippen MR) is 88.8 cm³/mol. The highest BCUT2D eigenvalue weighted by Crippen LogP contribution is 2.43. The second-order valence-corrected chi connectivity index (χ2v) is 7.36. The van der Waals surface area contributed by atoms with Crippen molar-refractivity contribution in [3.8, 4) is 0 Å². The van der Waals surface area contributed by atoms with Crippen LogP contribution in [0.4, 0.5) is 0 Å². The van der Waals surface area contributed by atoms with E-state index in [2.05, 4.69) is 32.2 Å². The van der Waals surface area contributed by atoms with Gasteiger partial charge in [0.15, 0.2) is 0 Å². The molecule has 1 aromatic carbocycles. The van der Waals surface area contributed by atoms with Crippen molar-refractivity contribution in [1.29, 1.82) is 0 Å². The molecule has 20 heavy (non-hydrogen) atoms. The monoisotopic (exact) mass is 313 g/mol. The zero-order chi connectivity index (χ0) is 14.7. The first kappa shape index (κ1) is 16.1. The van der Waals surface area contributed by atoms with Crippen molar-refractivity contribution >= 4 is 23.2 Å². The molecule has 3 atom stereocenters. The molecule has 0 saturated heterocycles. The van der Waals surface area contributed by atoms with Gasteiger partial charge >= 0.3 is 0 Å². The minimum Gasteiger partial charge on any atom is -0.314 e. The van der Waals surface area contributed by atoms with Crippen molar-refractivity contribution in [2.24, 2.45) is 11.8 Å². The Kier molecular flexibility index (Phi) is 5.77. The van der Waals surface area contributed by atoms with E-state index in [0.29, 0.717) is 17.9 Å². The molecule has 0 aromatic heterocycles. The summed E-state index contributed by atoms with van der Waals surface area (Å²) in [4.78, 5) is 0. The molecule has 1 nitrogen and oxygen atoms in total. The van der Waals surface area contributed by atoms with Crippen LogP contribution in [0.3, 0.4) is 0 Å². The Hall–Kier alpha value is -0.240. The molecule has 1 aromatic rings. The second-order valence-electron chi connectivity index (χ2n) is 6.51. The van der Waals surface area contributed by atoms with Crippen molar-refractivity contribution in [1.82, 2.24) is 5.32 Å². The van der Waals surface area contributed by atoms with E-state index in [9.17, 15) is 0 Å². The van der Waals surface area contributed by atoms with Gasteiger partial charge in [-0.15, -0.1) is 0 Å². The van der Waals surface area contributed by atoms with Crippen LogP contribution in [0.1, 0.15) is 51.5 Å². The second kappa shape index (κ2) is 7.15. The van der Waals surface area contributed by atoms with Crippen molar-refractivity contribution in [3.63, 3.8) is 0 Å². The van der Waals surface area contributed by atoms with Crippen LogP contribution >= 0.6 is 23.2 Å². The van der Waals surface area contributed by atoms with E-state index in [0.717, 1.165) is 22.5 Å². The lowest BCUT2D eigenvalue weighted by Gasteiger charge is -2.36. The fourth-order valence-electron chi connectivity index (χ4n) is 3.25. The molecule has 112 valence electrons. The standard InChI is InChI=1S/C17H25Cl2N/c1-11(2)20-10-13-5-4-12(3)8-15(13)16-9-14(18)6-7-17(16)19/h6-7,9,11-13,15,20H,4-5,8,10H2,1-3H3. The molecule has 2 rings (SSSR count). The molecule has 3 unspecified atom stereocenters. The smallest absolute Gasteiger partial charge is 0.0441 e. The number of halogens is 2. The number of hydrogen-bond acceptors (Lipinski definition) is 1. The number of hydrogen-bond donors (Lipinski definition) is 1. The summed E-state index contributed by atoms with van der Waals surface area (Å²) in [6.45, 7) is 7.81. The van der Waals surface area contributed by atoms with Crippen LogP contribution in [0.25, 0.3) is 0 Å². The molecule has 1 aliphatic carbocycles. The van der Waals surface area contributed by atoms with Gasteiger partial charge < -0.3 is 5.32 Å². The lowest BCUT2D eigenvalue weighted by atomic mass is 9.71. The van der Waals surface area contributed by atoms with Crippen LogP contribution in [0.5, 0.6) is 0 Å². The van der Waals surface area contributed by atoms with Crippen LogP contribution in [-0.4, -0.2) is 12.6 Å². The molecule has 3 heteroatoms. The van der Waals surface area contributed by atoms with E-state index >= 15 is 0 Å². The Morgan fingerprint density at radius 2 is 2.00 bits per heavy atom. The zero-order valence-electron chi connectivity index (χ0n) is 12.6. The van der Waals surface area contributed by atoms with Crippen molar-refractivity contribution in [3.05, 3.63) is 33.8 Å². The number of rotatable bonds is 4. The van der Waals surface area contributed by atoms with Gasteiger partial charge in [0.1, 0.15) is 0 Å². The van der Waals surface area contributed by atoms with Crippen LogP contribution in [0.15, 0.2) is 18.2 Å². The first-order chi connectivity index (χ1) is 9.47. The third-order valence-electron chi connectivity index (χ3n) is 4.40. The fourth-order valence-corrected chi connectivity index (χ4v) is 3.69. The normalized spacial score (nSPS) is 27.0. The first-order valence-electron chi connectivity index (χ1n) is 7.65. The maximum atomic E-state index is 6.43. The van der Waals surface area contributed by atoms with Gasteiger partial charge in [-0.2, -0.15) is 0 Å². The topological polar surface area (TPSA) is 12.0 Å². The van der Waals surface area contributed by atoms with E-state index in [1.807, 2.05) is 12.1 Å². The average Bonchev–Trinajstić information content (AvgIpc) is 2.40. The molecule has 1 saturated carbocycles. The molecule has 0 spiro atoms. The Morgan fingerprint density at radius 1 is 1.25 bits per heavy atom. The van der Waals surface area contributed by atoms with Crippen LogP contribution < -0.4 is 5.32 Å². The lowest BCUT2D eigenvalue weighted by molar-refractivity contribution is 0.238. The third-order valence-corrected chi connectivity index (χ3v) is 4.98. The molecule has 1 N–H and O–H groups in total. The highest BCUT2D eigenvalue weighted by Gasteiger charge is 2.31. The Labute approximate surface area is 133 Å². The van der Waals surface area contributed by atoms with Crippen LogP contribution in [-0.2, 0) is 0 Å². The van der Waals surface area contributed by atoms with Crippen molar-refractivity contribution in [2.75, 3.05) is 6.54 Å². The predicted octanol–water partition coefficient (Wildman–Crippen LogP) is 5.51. The summed E-state index contributed by atoms with van der Waals surface area (Å²) in [7, 11) is 0. The maximum Gasteiger partial charge on any atom is 0.0441 e. The minimum absolute atomic E-state index is 0.524. The minimum atomic E-state index is 0.524. The Balaban J connectivity index is 2.20. The van der Waals surface area contributed by atoms with E-state index in [1.54, 1.807) is 0 Å². The summed E-state index contributed by atoms with van der Waals surface area (Å²) >= 11 is 12.6. The quantitative estimate of drug-likeness (QED) is 0.772. The molecule has 1 fully saturated rings. The zero-order valence-corrected chi connectivity index (χ0v) is 14.1. The van der Waals surface area contributed by atoms with Crippen LogP contribution in [0.2, 0.25) is 10.0 Å². The number of benzene rings is 1. The van der Waals surface area contributed by atoms with Crippen molar-refractivity contribution in [2.45, 2.75) is 52.0 Å². The average molecular weight is 314 g/mol. The summed E-state index contributed by atoms with van der Waals surface area (Å²) in [5.41, 5.74) is 1.24. The molecule has 0 heterocycles. The van der Waals surface area contributed by atoms with E-state index in [4.69, 9.17) is 23.2 Å².